The van der Waals surface area contributed by atoms with Crippen molar-refractivity contribution in [2.75, 3.05) is 27.8 Å². The molecule has 0 amide bonds. The van der Waals surface area contributed by atoms with Crippen LogP contribution in [0.15, 0.2) is 218 Å². The van der Waals surface area contributed by atoms with Crippen LogP contribution in [-0.4, -0.2) is 28.9 Å². The van der Waals surface area contributed by atoms with E-state index >= 15 is 0 Å². The van der Waals surface area contributed by atoms with E-state index in [0.29, 0.717) is 0 Å². The third-order valence-electron chi connectivity index (χ3n) is 21.5. The Morgan fingerprint density at radius 3 is 0.957 bits per heavy atom. The molecule has 0 spiro atoms. The minimum absolute atomic E-state index is 0.0120. The highest BCUT2D eigenvalue weighted by Gasteiger charge is 2.48. The molecule has 0 unspecified atom stereocenters. The van der Waals surface area contributed by atoms with E-state index in [9.17, 15) is 0 Å². The van der Waals surface area contributed by atoms with Crippen molar-refractivity contribution in [3.63, 3.8) is 0 Å². The average molecular weight is 1220 g/mol. The monoisotopic (exact) mass is 1220 g/mol. The normalized spacial score (nSPS) is 14.7. The van der Waals surface area contributed by atoms with Gasteiger partial charge in [0.25, 0.3) is 6.71 Å². The highest BCUT2D eigenvalue weighted by atomic mass is 15.2. The zero-order valence-electron chi connectivity index (χ0n) is 56.8. The molecular formula is C88H84BN5. The Labute approximate surface area is 556 Å². The van der Waals surface area contributed by atoms with Crippen LogP contribution in [0, 0.1) is 0 Å². The lowest BCUT2D eigenvalue weighted by Gasteiger charge is -2.49. The van der Waals surface area contributed by atoms with Crippen LogP contribution in [0.1, 0.15) is 129 Å². The number of nitrogens with zero attached hydrogens (tertiary/aromatic N) is 5. The SMILES string of the molecule is CC(C)(C)c1ccc2c(c1)c1cc(C(C)(C)C)ccc1n2-c1ccc2c(c1)N(c1ccc(-c3ccccc3)cc1)c1c3c4c(c5c1B2c1ccc(-n2c6ccc(C(C)(C)C)cc6c6cc(C(C)(C)C)ccc62)cc1N5c1ccc(-c2ccccc2)cc1)CCCN4CCC3. The first kappa shape index (κ1) is 58.3. The maximum atomic E-state index is 2.78. The maximum Gasteiger partial charge on any atom is 0.252 e. The predicted molar refractivity (Wildman–Crippen MR) is 404 cm³/mol. The molecule has 0 fully saturated rings. The summed E-state index contributed by atoms with van der Waals surface area (Å²) in [6.45, 7) is 30.1. The van der Waals surface area contributed by atoms with Gasteiger partial charge in [0.15, 0.2) is 0 Å². The summed E-state index contributed by atoms with van der Waals surface area (Å²) in [5.41, 5.74) is 33.4. The van der Waals surface area contributed by atoms with Crippen LogP contribution < -0.4 is 31.1 Å². The number of hydrogen-bond acceptors (Lipinski definition) is 3. The van der Waals surface area contributed by atoms with Crippen LogP contribution in [0.4, 0.5) is 39.8 Å². The number of hydrogen-bond donors (Lipinski definition) is 0. The van der Waals surface area contributed by atoms with Gasteiger partial charge >= 0.3 is 0 Å². The third-order valence-corrected chi connectivity index (χ3v) is 21.5. The van der Waals surface area contributed by atoms with Crippen LogP contribution in [0.3, 0.4) is 0 Å². The van der Waals surface area contributed by atoms with E-state index in [1.54, 1.807) is 0 Å². The first-order chi connectivity index (χ1) is 45.2. The molecule has 94 heavy (non-hydrogen) atoms. The number of rotatable bonds is 6. The molecule has 0 aliphatic carbocycles. The maximum absolute atomic E-state index is 2.78. The lowest BCUT2D eigenvalue weighted by atomic mass is 9.33. The Bertz CT molecular complexity index is 4770. The van der Waals surface area contributed by atoms with Gasteiger partial charge in [-0.25, -0.2) is 0 Å². The molecule has 4 aliphatic heterocycles. The molecule has 11 aromatic carbocycles. The van der Waals surface area contributed by atoms with Crippen molar-refractivity contribution in [1.29, 1.82) is 0 Å². The van der Waals surface area contributed by atoms with Crippen molar-refractivity contribution < 1.29 is 0 Å². The number of fused-ring (bicyclic) bond motifs is 12. The smallest absolute Gasteiger partial charge is 0.252 e. The molecule has 2 aromatic heterocycles. The highest BCUT2D eigenvalue weighted by molar-refractivity contribution is 7.00. The minimum Gasteiger partial charge on any atom is -0.371 e. The second-order valence-electron chi connectivity index (χ2n) is 31.6. The molecule has 6 heteroatoms. The lowest BCUT2D eigenvalue weighted by Crippen LogP contribution is -2.62. The summed E-state index contributed by atoms with van der Waals surface area (Å²) in [6.07, 6.45) is 4.26. The summed E-state index contributed by atoms with van der Waals surface area (Å²) in [4.78, 5) is 8.23. The Hall–Kier alpha value is -9.52. The van der Waals surface area contributed by atoms with Gasteiger partial charge < -0.3 is 23.8 Å². The van der Waals surface area contributed by atoms with Gasteiger partial charge in [-0.3, -0.25) is 0 Å². The van der Waals surface area contributed by atoms with Gasteiger partial charge in [-0.1, -0.05) is 204 Å². The molecule has 0 saturated carbocycles. The van der Waals surface area contributed by atoms with Gasteiger partial charge in [-0.05, 0) is 216 Å². The van der Waals surface area contributed by atoms with E-state index in [1.807, 2.05) is 0 Å². The Kier molecular flexibility index (Phi) is 13.0. The van der Waals surface area contributed by atoms with E-state index in [1.165, 1.54) is 155 Å². The lowest BCUT2D eigenvalue weighted by molar-refractivity contribution is 0.590. The highest BCUT2D eigenvalue weighted by Crippen LogP contribution is 2.55. The Balaban J connectivity index is 0.972. The predicted octanol–water partition coefficient (Wildman–Crippen LogP) is 21.2. The summed E-state index contributed by atoms with van der Waals surface area (Å²) in [7, 11) is 0. The fourth-order valence-corrected chi connectivity index (χ4v) is 16.5. The molecule has 0 bridgehead atoms. The van der Waals surface area contributed by atoms with Crippen molar-refractivity contribution in [2.24, 2.45) is 0 Å². The fraction of sp³-hybridized carbons (Fsp3) is 0.250. The molecule has 13 aromatic rings. The molecule has 0 atom stereocenters. The summed E-state index contributed by atoms with van der Waals surface area (Å²) in [5.74, 6) is 0. The molecule has 17 rings (SSSR count). The number of anilines is 7. The molecule has 6 heterocycles. The van der Waals surface area contributed by atoms with Crippen molar-refractivity contribution in [3.8, 4) is 33.6 Å². The zero-order chi connectivity index (χ0) is 64.5. The summed E-state index contributed by atoms with van der Waals surface area (Å²) in [6, 6.07) is 85.0. The molecule has 0 saturated heterocycles. The second-order valence-corrected chi connectivity index (χ2v) is 31.6. The van der Waals surface area contributed by atoms with E-state index in [2.05, 4.69) is 325 Å². The van der Waals surface area contributed by atoms with E-state index in [0.717, 1.165) is 50.1 Å². The number of benzene rings is 11. The summed E-state index contributed by atoms with van der Waals surface area (Å²) >= 11 is 0. The fourth-order valence-electron chi connectivity index (χ4n) is 16.5. The largest absolute Gasteiger partial charge is 0.371 e. The quantitative estimate of drug-likeness (QED) is 0.155. The topological polar surface area (TPSA) is 19.6 Å². The molecule has 464 valence electrons. The van der Waals surface area contributed by atoms with Crippen LogP contribution in [0.25, 0.3) is 77.2 Å². The second kappa shape index (κ2) is 21.0. The molecule has 4 aliphatic rings. The van der Waals surface area contributed by atoms with Crippen LogP contribution in [-0.2, 0) is 34.5 Å². The van der Waals surface area contributed by atoms with Crippen molar-refractivity contribution in [3.05, 3.63) is 252 Å². The molecular weight excluding hydrogens is 1140 g/mol. The van der Waals surface area contributed by atoms with Crippen LogP contribution >= 0.6 is 0 Å². The average Bonchev–Trinajstić information content (AvgIpc) is 0.855. The first-order valence-corrected chi connectivity index (χ1v) is 34.5. The Morgan fingerprint density at radius 2 is 0.628 bits per heavy atom. The van der Waals surface area contributed by atoms with Gasteiger partial charge in [0, 0.05) is 85.8 Å². The Morgan fingerprint density at radius 1 is 0.309 bits per heavy atom. The van der Waals surface area contributed by atoms with Gasteiger partial charge in [0.05, 0.1) is 22.1 Å². The van der Waals surface area contributed by atoms with Gasteiger partial charge in [-0.2, -0.15) is 0 Å². The van der Waals surface area contributed by atoms with Crippen molar-refractivity contribution in [1.82, 2.24) is 9.13 Å². The molecule has 0 radical (unpaired) electrons. The van der Waals surface area contributed by atoms with Gasteiger partial charge in [0.2, 0.25) is 0 Å². The standard InChI is InChI=1S/C88H84BN5/c1-85(2,3)59-31-43-75-69(49-59)70-50-60(86(4,5)6)32-44-76(70)91(75)65-39-41-73-79(53-65)93(63-35-27-57(28-36-63)55-21-15-13-16-22-55)83-67-25-19-47-90-48-20-26-68(82(67)90)84-81(83)89(73)74-42-40-66(54-80(74)94(84)64-37-29-58(30-38-64)56-23-17-14-18-24-56)92-77-45-33-61(87(7,8)9)51-71(77)72-52-62(88(10,11)12)34-46-78(72)92/h13-18,21-24,27-46,49-54H,19-20,25-26,47-48H2,1-12H3. The van der Waals surface area contributed by atoms with Crippen molar-refractivity contribution >= 4 is 107 Å². The van der Waals surface area contributed by atoms with Crippen LogP contribution in [0.5, 0.6) is 0 Å². The van der Waals surface area contributed by atoms with E-state index < -0.39 is 0 Å². The molecule has 5 nitrogen and oxygen atoms in total. The van der Waals surface area contributed by atoms with E-state index in [-0.39, 0.29) is 28.4 Å². The van der Waals surface area contributed by atoms with Crippen molar-refractivity contribution in [2.45, 2.75) is 130 Å². The zero-order valence-corrected chi connectivity index (χ0v) is 56.8. The molecule has 0 N–H and O–H groups in total. The minimum atomic E-state index is -0.0830. The first-order valence-electron chi connectivity index (χ1n) is 34.5. The third kappa shape index (κ3) is 9.16. The van der Waals surface area contributed by atoms with Crippen LogP contribution in [0.2, 0.25) is 0 Å². The van der Waals surface area contributed by atoms with Gasteiger partial charge in [-0.15, -0.1) is 0 Å². The summed E-state index contributed by atoms with van der Waals surface area (Å²) in [5, 5.41) is 5.19. The van der Waals surface area contributed by atoms with Gasteiger partial charge in [0.1, 0.15) is 0 Å². The summed E-state index contributed by atoms with van der Waals surface area (Å²) < 4.78 is 5.14. The number of aromatic nitrogens is 2. The van der Waals surface area contributed by atoms with E-state index in [4.69, 9.17) is 0 Å².